The van der Waals surface area contributed by atoms with Gasteiger partial charge in [0.2, 0.25) is 10.0 Å². The van der Waals surface area contributed by atoms with Gasteiger partial charge < -0.3 is 19.9 Å². The summed E-state index contributed by atoms with van der Waals surface area (Å²) in [5.74, 6) is 1.61. The zero-order valence-electron chi connectivity index (χ0n) is 16.4. The Balaban J connectivity index is 1.21. The van der Waals surface area contributed by atoms with Crippen LogP contribution >= 0.6 is 0 Å². The minimum atomic E-state index is -3.19. The molecule has 154 valence electrons. The lowest BCUT2D eigenvalue weighted by Gasteiger charge is -2.48. The van der Waals surface area contributed by atoms with E-state index in [1.165, 1.54) is 0 Å². The van der Waals surface area contributed by atoms with Gasteiger partial charge in [-0.1, -0.05) is 0 Å². The maximum atomic E-state index is 13.0. The molecule has 0 bridgehead atoms. The summed E-state index contributed by atoms with van der Waals surface area (Å²) in [6.07, 6.45) is 5.78. The lowest BCUT2D eigenvalue weighted by atomic mass is 9.79. The average Bonchev–Trinajstić information content (AvgIpc) is 3.11. The predicted octanol–water partition coefficient (Wildman–Crippen LogP) is -0.587. The molecule has 1 saturated carbocycles. The molecule has 1 aromatic heterocycles. The second-order valence-corrected chi connectivity index (χ2v) is 10.9. The zero-order chi connectivity index (χ0) is 19.4. The van der Waals surface area contributed by atoms with Crippen LogP contribution in [0.3, 0.4) is 0 Å². The van der Waals surface area contributed by atoms with Crippen molar-refractivity contribution in [1.82, 2.24) is 19.5 Å². The highest BCUT2D eigenvalue weighted by Crippen LogP contribution is 2.39. The van der Waals surface area contributed by atoms with Gasteiger partial charge in [-0.05, 0) is 37.7 Å². The van der Waals surface area contributed by atoms with E-state index in [1.54, 1.807) is 4.31 Å². The fraction of sp³-hybridized carbons (Fsp3) is 0.737. The molecule has 28 heavy (non-hydrogen) atoms. The van der Waals surface area contributed by atoms with E-state index in [9.17, 15) is 8.42 Å². The quantitative estimate of drug-likeness (QED) is 0.681. The molecule has 4 aliphatic rings. The van der Waals surface area contributed by atoms with Crippen molar-refractivity contribution in [2.45, 2.75) is 31.7 Å². The van der Waals surface area contributed by atoms with Crippen LogP contribution in [0, 0.1) is 11.3 Å². The van der Waals surface area contributed by atoms with E-state index in [0.717, 1.165) is 42.2 Å². The number of aromatic amines is 1. The fourth-order valence-electron chi connectivity index (χ4n) is 5.05. The van der Waals surface area contributed by atoms with Crippen molar-refractivity contribution in [2.75, 3.05) is 45.8 Å². The van der Waals surface area contributed by atoms with Gasteiger partial charge in [0.05, 0.1) is 24.2 Å². The molecular weight excluding hydrogens is 378 g/mol. The van der Waals surface area contributed by atoms with Crippen molar-refractivity contribution in [3.05, 3.63) is 23.0 Å². The van der Waals surface area contributed by atoms with Gasteiger partial charge in [-0.15, -0.1) is 0 Å². The van der Waals surface area contributed by atoms with Crippen LogP contribution in [0.4, 0.5) is 0 Å². The summed E-state index contributed by atoms with van der Waals surface area (Å²) >= 11 is 0. The third kappa shape index (κ3) is 3.13. The van der Waals surface area contributed by atoms with Gasteiger partial charge >= 0.3 is 0 Å². The molecule has 9 heteroatoms. The number of fused-ring (bicyclic) bond motifs is 1. The standard InChI is InChI=1S/C19H29N5O3S/c1-23(18-16-3-5-20-17(16)21-13-22-18)15-7-14(8-15)9-28(25,26)24-6-2-4-19(10-24)11-27-12-19/h3,5,14-15,22H,2,4,6-13H2,1H3,(H,20,21)/t14-,15+. The van der Waals surface area contributed by atoms with Gasteiger partial charge in [-0.2, -0.15) is 0 Å². The molecule has 3 aliphatic heterocycles. The minimum absolute atomic E-state index is 0.0935. The van der Waals surface area contributed by atoms with Crippen LogP contribution in [0.15, 0.2) is 17.3 Å². The number of piperidine rings is 1. The minimum Gasteiger partial charge on any atom is -0.380 e. The summed E-state index contributed by atoms with van der Waals surface area (Å²) in [7, 11) is -1.10. The number of ether oxygens (including phenoxy) is 1. The molecule has 0 aromatic carbocycles. The van der Waals surface area contributed by atoms with Gasteiger partial charge in [-0.25, -0.2) is 17.7 Å². The van der Waals surface area contributed by atoms with Crippen LogP contribution in [0.5, 0.6) is 0 Å². The van der Waals surface area contributed by atoms with Gasteiger partial charge in [0, 0.05) is 37.8 Å². The third-order valence-electron chi connectivity index (χ3n) is 6.86. The molecule has 8 nitrogen and oxygen atoms in total. The van der Waals surface area contributed by atoms with Crippen LogP contribution in [0.2, 0.25) is 0 Å². The van der Waals surface area contributed by atoms with E-state index in [0.29, 0.717) is 39.0 Å². The molecule has 4 heterocycles. The molecule has 2 saturated heterocycles. The number of aromatic nitrogens is 1. The first kappa shape index (κ1) is 18.4. The maximum Gasteiger partial charge on any atom is 0.214 e. The zero-order valence-corrected chi connectivity index (χ0v) is 17.2. The fourth-order valence-corrected chi connectivity index (χ4v) is 7.01. The van der Waals surface area contributed by atoms with Crippen LogP contribution in [-0.2, 0) is 14.8 Å². The van der Waals surface area contributed by atoms with Crippen molar-refractivity contribution in [1.29, 1.82) is 0 Å². The lowest BCUT2D eigenvalue weighted by molar-refractivity contribution is -0.133. The second kappa shape index (κ2) is 6.74. The number of H-pyrrole nitrogens is 1. The molecule has 0 atom stereocenters. The van der Waals surface area contributed by atoms with Crippen LogP contribution in [-0.4, -0.2) is 74.4 Å². The van der Waals surface area contributed by atoms with Gasteiger partial charge in [0.25, 0.3) is 0 Å². The summed E-state index contributed by atoms with van der Waals surface area (Å²) in [4.78, 5) is 9.84. The summed E-state index contributed by atoms with van der Waals surface area (Å²) in [6.45, 7) is 3.32. The largest absolute Gasteiger partial charge is 0.380 e. The summed E-state index contributed by atoms with van der Waals surface area (Å²) in [5.41, 5.74) is 1.01. The van der Waals surface area contributed by atoms with Crippen LogP contribution in [0.25, 0.3) is 5.82 Å². The SMILES string of the molecule is CN(C1=c2cc[nH]c2=NCN1)[C@H]1C[C@@H](CS(=O)(=O)N2CCCC3(COC3)C2)C1. The summed E-state index contributed by atoms with van der Waals surface area (Å²) in [5, 5.41) is 4.45. The van der Waals surface area contributed by atoms with Gasteiger partial charge in [0.1, 0.15) is 18.0 Å². The van der Waals surface area contributed by atoms with Gasteiger partial charge in [-0.3, -0.25) is 0 Å². The molecular formula is C19H29N5O3S. The number of sulfonamides is 1. The van der Waals surface area contributed by atoms with Crippen LogP contribution < -0.4 is 16.0 Å². The molecule has 1 spiro atoms. The van der Waals surface area contributed by atoms with Gasteiger partial charge in [0.15, 0.2) is 0 Å². The molecule has 5 rings (SSSR count). The highest BCUT2D eigenvalue weighted by molar-refractivity contribution is 7.89. The Bertz CT molecular complexity index is 962. The second-order valence-electron chi connectivity index (χ2n) is 8.89. The smallest absolute Gasteiger partial charge is 0.214 e. The monoisotopic (exact) mass is 407 g/mol. The van der Waals surface area contributed by atoms with E-state index >= 15 is 0 Å². The Morgan fingerprint density at radius 3 is 2.96 bits per heavy atom. The summed E-state index contributed by atoms with van der Waals surface area (Å²) < 4.78 is 33.0. The number of hydrogen-bond acceptors (Lipinski definition) is 6. The topological polar surface area (TPSA) is 90.0 Å². The van der Waals surface area contributed by atoms with Crippen molar-refractivity contribution in [2.24, 2.45) is 16.3 Å². The Morgan fingerprint density at radius 2 is 2.21 bits per heavy atom. The first-order valence-corrected chi connectivity index (χ1v) is 11.8. The van der Waals surface area contributed by atoms with E-state index in [-0.39, 0.29) is 17.1 Å². The normalized spacial score (nSPS) is 29.2. The number of nitrogens with zero attached hydrogens (tertiary/aromatic N) is 3. The van der Waals surface area contributed by atoms with Crippen molar-refractivity contribution in [3.63, 3.8) is 0 Å². The average molecular weight is 408 g/mol. The first-order chi connectivity index (χ1) is 13.5. The van der Waals surface area contributed by atoms with E-state index in [1.807, 2.05) is 12.3 Å². The number of hydrogen-bond donors (Lipinski definition) is 2. The van der Waals surface area contributed by atoms with E-state index in [2.05, 4.69) is 27.2 Å². The van der Waals surface area contributed by atoms with Crippen molar-refractivity contribution < 1.29 is 13.2 Å². The molecule has 1 aromatic rings. The van der Waals surface area contributed by atoms with Crippen LogP contribution in [0.1, 0.15) is 25.7 Å². The highest BCUT2D eigenvalue weighted by atomic mass is 32.2. The predicted molar refractivity (Wildman–Crippen MR) is 105 cm³/mol. The van der Waals surface area contributed by atoms with Crippen molar-refractivity contribution >= 4 is 15.8 Å². The molecule has 0 unspecified atom stereocenters. The van der Waals surface area contributed by atoms with E-state index in [4.69, 9.17) is 4.74 Å². The van der Waals surface area contributed by atoms with E-state index < -0.39 is 10.0 Å². The first-order valence-electron chi connectivity index (χ1n) is 10.2. The number of rotatable bonds is 5. The molecule has 2 N–H and O–H groups in total. The van der Waals surface area contributed by atoms with Crippen molar-refractivity contribution in [3.8, 4) is 0 Å². The Hall–Kier alpha value is -1.58. The number of nitrogens with one attached hydrogen (secondary N) is 2. The molecule has 3 fully saturated rings. The molecule has 0 radical (unpaired) electrons. The maximum absolute atomic E-state index is 13.0. The molecule has 0 amide bonds. The Kier molecular flexibility index (Phi) is 4.44. The lowest BCUT2D eigenvalue weighted by Crippen LogP contribution is -2.56. The Labute approximate surface area is 165 Å². The highest BCUT2D eigenvalue weighted by Gasteiger charge is 2.46. The summed E-state index contributed by atoms with van der Waals surface area (Å²) in [6, 6.07) is 2.41. The third-order valence-corrected chi connectivity index (χ3v) is 8.85. The molecule has 1 aliphatic carbocycles. The Morgan fingerprint density at radius 1 is 1.39 bits per heavy atom.